The number of hydrogen-bond donors (Lipinski definition) is 0. The molecule has 1 nitrogen and oxygen atoms in total. The Hall–Kier alpha value is -6.74. The lowest BCUT2D eigenvalue weighted by atomic mass is 9.85. The summed E-state index contributed by atoms with van der Waals surface area (Å²) in [7, 11) is 0. The number of anilines is 3. The average Bonchev–Trinajstić information content (AvgIpc) is 3.63. The van der Waals surface area contributed by atoms with Gasteiger partial charge in [-0.3, -0.25) is 0 Å². The first-order valence-electron chi connectivity index (χ1n) is 18.5. The Morgan fingerprint density at radius 3 is 1.63 bits per heavy atom. The molecule has 1 heterocycles. The number of benzene rings is 10. The normalized spacial score (nSPS) is 11.7. The molecule has 0 aliphatic carbocycles. The second kappa shape index (κ2) is 12.4. The fourth-order valence-corrected chi connectivity index (χ4v) is 9.76. The molecule has 10 aromatic carbocycles. The third-order valence-electron chi connectivity index (χ3n) is 11.0. The SMILES string of the molecule is c1ccc(-c2c(-c3ccccc3)c3cc(N(c4ccc5c(ccc6ccccc65)c4)c4cccc5sc6ccccc6c45)ccc3c3ccccc23)cc1. The Bertz CT molecular complexity index is 3210. The van der Waals surface area contributed by atoms with Crippen molar-refractivity contribution in [2.24, 2.45) is 0 Å². The number of thiophene rings is 1. The minimum atomic E-state index is 1.12. The number of fused-ring (bicyclic) bond motifs is 9. The second-order valence-corrected chi connectivity index (χ2v) is 15.1. The molecule has 0 aliphatic heterocycles. The summed E-state index contributed by atoms with van der Waals surface area (Å²) in [6, 6.07) is 73.6. The summed E-state index contributed by atoms with van der Waals surface area (Å²) in [6.45, 7) is 0. The highest BCUT2D eigenvalue weighted by molar-refractivity contribution is 7.26. The van der Waals surface area contributed by atoms with E-state index in [0.29, 0.717) is 0 Å². The minimum Gasteiger partial charge on any atom is -0.310 e. The molecular weight excluding hydrogens is 671 g/mol. The van der Waals surface area contributed by atoms with Gasteiger partial charge in [0.15, 0.2) is 0 Å². The van der Waals surface area contributed by atoms with E-state index in [9.17, 15) is 0 Å². The summed E-state index contributed by atoms with van der Waals surface area (Å²) < 4.78 is 2.59. The van der Waals surface area contributed by atoms with Gasteiger partial charge in [0.05, 0.1) is 5.69 Å². The third kappa shape index (κ3) is 4.85. The van der Waals surface area contributed by atoms with Gasteiger partial charge in [-0.15, -0.1) is 11.3 Å². The van der Waals surface area contributed by atoms with E-state index in [1.54, 1.807) is 0 Å². The van der Waals surface area contributed by atoms with Gasteiger partial charge in [-0.05, 0) is 108 Å². The zero-order chi connectivity index (χ0) is 35.6. The lowest BCUT2D eigenvalue weighted by Gasteiger charge is -2.28. The topological polar surface area (TPSA) is 3.24 Å². The van der Waals surface area contributed by atoms with Crippen molar-refractivity contribution in [3.05, 3.63) is 200 Å². The van der Waals surface area contributed by atoms with E-state index >= 15 is 0 Å². The number of rotatable bonds is 5. The van der Waals surface area contributed by atoms with E-state index in [-0.39, 0.29) is 0 Å². The summed E-state index contributed by atoms with van der Waals surface area (Å²) in [5.74, 6) is 0. The standard InChI is InChI=1S/C52H33NS/c1-3-15-35(16-4-1)50-44-21-10-9-20-42(44)43-31-29-39(33-46(43)51(50)36-17-5-2-6-18-36)53(47-23-13-25-49-52(47)45-22-11-12-24-48(45)54-49)38-28-30-41-37(32-38)27-26-34-14-7-8-19-40(34)41/h1-33H. The van der Waals surface area contributed by atoms with Gasteiger partial charge in [-0.2, -0.15) is 0 Å². The van der Waals surface area contributed by atoms with Gasteiger partial charge in [-0.25, -0.2) is 0 Å². The van der Waals surface area contributed by atoms with E-state index in [1.165, 1.54) is 91.2 Å². The molecule has 252 valence electrons. The highest BCUT2D eigenvalue weighted by Crippen LogP contribution is 2.49. The van der Waals surface area contributed by atoms with Crippen molar-refractivity contribution < 1.29 is 0 Å². The van der Waals surface area contributed by atoms with Crippen LogP contribution in [0, 0.1) is 0 Å². The highest BCUT2D eigenvalue weighted by Gasteiger charge is 2.22. The van der Waals surface area contributed by atoms with Crippen LogP contribution < -0.4 is 4.90 Å². The van der Waals surface area contributed by atoms with Crippen LogP contribution in [0.3, 0.4) is 0 Å². The smallest absolute Gasteiger partial charge is 0.0554 e. The lowest BCUT2D eigenvalue weighted by Crippen LogP contribution is -2.10. The highest BCUT2D eigenvalue weighted by atomic mass is 32.1. The summed E-state index contributed by atoms with van der Waals surface area (Å²) in [5, 5.41) is 12.6. The molecule has 2 heteroatoms. The van der Waals surface area contributed by atoms with Crippen LogP contribution in [0.1, 0.15) is 0 Å². The van der Waals surface area contributed by atoms with Crippen molar-refractivity contribution >= 4 is 91.7 Å². The van der Waals surface area contributed by atoms with Crippen molar-refractivity contribution in [3.63, 3.8) is 0 Å². The zero-order valence-corrected chi connectivity index (χ0v) is 30.2. The Kier molecular flexibility index (Phi) is 7.11. The monoisotopic (exact) mass is 703 g/mol. The van der Waals surface area contributed by atoms with Gasteiger partial charge in [0.2, 0.25) is 0 Å². The van der Waals surface area contributed by atoms with E-state index in [2.05, 4.69) is 205 Å². The van der Waals surface area contributed by atoms with E-state index in [4.69, 9.17) is 0 Å². The van der Waals surface area contributed by atoms with Crippen molar-refractivity contribution in [2.45, 2.75) is 0 Å². The van der Waals surface area contributed by atoms with Crippen molar-refractivity contribution in [1.82, 2.24) is 0 Å². The van der Waals surface area contributed by atoms with Gasteiger partial charge in [0.1, 0.15) is 0 Å². The van der Waals surface area contributed by atoms with Crippen LogP contribution in [0.5, 0.6) is 0 Å². The van der Waals surface area contributed by atoms with Gasteiger partial charge in [-0.1, -0.05) is 158 Å². The number of nitrogens with zero attached hydrogens (tertiary/aromatic N) is 1. The maximum absolute atomic E-state index is 2.49. The summed E-state index contributed by atoms with van der Waals surface area (Å²) in [4.78, 5) is 2.49. The van der Waals surface area contributed by atoms with Gasteiger partial charge in [0, 0.05) is 31.5 Å². The maximum atomic E-state index is 2.49. The Morgan fingerprint density at radius 1 is 0.315 bits per heavy atom. The van der Waals surface area contributed by atoms with Gasteiger partial charge in [0.25, 0.3) is 0 Å². The molecule has 54 heavy (non-hydrogen) atoms. The molecular formula is C52H33NS. The molecule has 1 aromatic heterocycles. The summed E-state index contributed by atoms with van der Waals surface area (Å²) >= 11 is 1.86. The first kappa shape index (κ1) is 30.8. The lowest BCUT2D eigenvalue weighted by molar-refractivity contribution is 1.31. The predicted molar refractivity (Wildman–Crippen MR) is 235 cm³/mol. The molecule has 0 saturated carbocycles. The van der Waals surface area contributed by atoms with Gasteiger partial charge < -0.3 is 4.90 Å². The van der Waals surface area contributed by atoms with Crippen LogP contribution in [0.15, 0.2) is 200 Å². The van der Waals surface area contributed by atoms with Crippen molar-refractivity contribution in [3.8, 4) is 22.3 Å². The van der Waals surface area contributed by atoms with E-state index in [0.717, 1.165) is 11.4 Å². The molecule has 0 spiro atoms. The molecule has 0 saturated heterocycles. The molecule has 0 amide bonds. The maximum Gasteiger partial charge on any atom is 0.0554 e. The van der Waals surface area contributed by atoms with Crippen molar-refractivity contribution in [2.75, 3.05) is 4.90 Å². The average molecular weight is 704 g/mol. The molecule has 0 N–H and O–H groups in total. The molecule has 0 aliphatic rings. The van der Waals surface area contributed by atoms with Crippen LogP contribution in [-0.2, 0) is 0 Å². The zero-order valence-electron chi connectivity index (χ0n) is 29.4. The minimum absolute atomic E-state index is 1.12. The van der Waals surface area contributed by atoms with Crippen LogP contribution in [-0.4, -0.2) is 0 Å². The van der Waals surface area contributed by atoms with Crippen LogP contribution in [0.25, 0.3) is 85.5 Å². The fourth-order valence-electron chi connectivity index (χ4n) is 8.64. The third-order valence-corrected chi connectivity index (χ3v) is 12.1. The first-order chi connectivity index (χ1) is 26.8. The number of hydrogen-bond acceptors (Lipinski definition) is 2. The summed E-state index contributed by atoms with van der Waals surface area (Å²) in [5.41, 5.74) is 8.36. The molecule has 11 rings (SSSR count). The molecule has 0 atom stereocenters. The molecule has 0 radical (unpaired) electrons. The fraction of sp³-hybridized carbons (Fsp3) is 0. The molecule has 0 unspecified atom stereocenters. The molecule has 0 fully saturated rings. The van der Waals surface area contributed by atoms with Gasteiger partial charge >= 0.3 is 0 Å². The Labute approximate surface area is 317 Å². The quantitative estimate of drug-likeness (QED) is 0.161. The Balaban J connectivity index is 1.25. The molecule has 11 aromatic rings. The van der Waals surface area contributed by atoms with Crippen molar-refractivity contribution in [1.29, 1.82) is 0 Å². The van der Waals surface area contributed by atoms with Crippen LogP contribution >= 0.6 is 11.3 Å². The second-order valence-electron chi connectivity index (χ2n) is 14.0. The first-order valence-corrected chi connectivity index (χ1v) is 19.3. The van der Waals surface area contributed by atoms with E-state index in [1.807, 2.05) is 11.3 Å². The summed E-state index contributed by atoms with van der Waals surface area (Å²) in [6.07, 6.45) is 0. The predicted octanol–water partition coefficient (Wildman–Crippen LogP) is 15.5. The molecule has 0 bridgehead atoms. The van der Waals surface area contributed by atoms with Crippen LogP contribution in [0.4, 0.5) is 17.1 Å². The largest absolute Gasteiger partial charge is 0.310 e. The van der Waals surface area contributed by atoms with Crippen LogP contribution in [0.2, 0.25) is 0 Å². The van der Waals surface area contributed by atoms with E-state index < -0.39 is 0 Å². The Morgan fingerprint density at radius 2 is 0.852 bits per heavy atom.